The van der Waals surface area contributed by atoms with Gasteiger partial charge < -0.3 is 10.1 Å². The van der Waals surface area contributed by atoms with E-state index in [9.17, 15) is 18.0 Å². The fourth-order valence-corrected chi connectivity index (χ4v) is 2.28. The van der Waals surface area contributed by atoms with Crippen molar-refractivity contribution in [2.45, 2.75) is 24.6 Å². The van der Waals surface area contributed by atoms with Crippen molar-refractivity contribution in [2.24, 2.45) is 0 Å². The number of hydrogen-bond acceptors (Lipinski definition) is 3. The predicted octanol–water partition coefficient (Wildman–Crippen LogP) is 2.32. The molecule has 6 heteroatoms. The van der Waals surface area contributed by atoms with Gasteiger partial charge in [0, 0.05) is 6.54 Å². The fourth-order valence-electron chi connectivity index (χ4n) is 2.28. The Hall–Kier alpha value is -1.56. The summed E-state index contributed by atoms with van der Waals surface area (Å²) in [6.45, 7) is 0.473. The quantitative estimate of drug-likeness (QED) is 0.840. The van der Waals surface area contributed by atoms with Crippen LogP contribution in [0.4, 0.5) is 13.2 Å². The van der Waals surface area contributed by atoms with Crippen molar-refractivity contribution < 1.29 is 22.7 Å². The number of carbonyl (C=O) groups excluding carboxylic acids is 1. The van der Waals surface area contributed by atoms with Crippen molar-refractivity contribution in [3.63, 3.8) is 0 Å². The molecule has 3 nitrogen and oxygen atoms in total. The van der Waals surface area contributed by atoms with E-state index in [0.29, 0.717) is 18.5 Å². The van der Waals surface area contributed by atoms with E-state index in [1.807, 2.05) is 0 Å². The van der Waals surface area contributed by atoms with Crippen LogP contribution >= 0.6 is 0 Å². The highest BCUT2D eigenvalue weighted by molar-refractivity contribution is 5.76. The summed E-state index contributed by atoms with van der Waals surface area (Å²) in [6.07, 6.45) is -3.89. The molecule has 1 aliphatic rings. The van der Waals surface area contributed by atoms with E-state index in [1.54, 1.807) is 6.07 Å². The molecule has 0 bridgehead atoms. The summed E-state index contributed by atoms with van der Waals surface area (Å²) >= 11 is 0. The van der Waals surface area contributed by atoms with Gasteiger partial charge >= 0.3 is 12.1 Å². The number of esters is 1. The van der Waals surface area contributed by atoms with Crippen molar-refractivity contribution in [1.29, 1.82) is 0 Å². The van der Waals surface area contributed by atoms with E-state index in [0.717, 1.165) is 12.1 Å². The monoisotopic (exact) mass is 273 g/mol. The first-order valence-corrected chi connectivity index (χ1v) is 5.90. The third-order valence-electron chi connectivity index (χ3n) is 3.30. The molecule has 0 spiro atoms. The second kappa shape index (κ2) is 5.21. The van der Waals surface area contributed by atoms with E-state index in [1.165, 1.54) is 13.2 Å². The average Bonchev–Trinajstić information content (AvgIpc) is 2.86. The van der Waals surface area contributed by atoms with Gasteiger partial charge in [0.15, 0.2) is 0 Å². The third kappa shape index (κ3) is 3.07. The lowest BCUT2D eigenvalue weighted by Crippen LogP contribution is -2.31. The molecule has 1 fully saturated rings. The average molecular weight is 273 g/mol. The van der Waals surface area contributed by atoms with Gasteiger partial charge in [-0.15, -0.1) is 0 Å². The zero-order chi connectivity index (χ0) is 14.0. The topological polar surface area (TPSA) is 38.3 Å². The second-order valence-electron chi connectivity index (χ2n) is 4.54. The minimum atomic E-state index is -4.34. The number of nitrogens with one attached hydrogen (secondary N) is 1. The minimum absolute atomic E-state index is 0.105. The molecule has 1 aromatic carbocycles. The number of alkyl halides is 3. The largest absolute Gasteiger partial charge is 0.468 e. The van der Waals surface area contributed by atoms with Gasteiger partial charge in [-0.3, -0.25) is 4.79 Å². The van der Waals surface area contributed by atoms with E-state index >= 15 is 0 Å². The number of ether oxygens (including phenoxy) is 1. The first kappa shape index (κ1) is 13.9. The van der Waals surface area contributed by atoms with Gasteiger partial charge in [-0.05, 0) is 24.0 Å². The SMILES string of the molecule is COC(=O)C1CC(c2cccc(C(F)(F)F)c2)CN1. The third-order valence-corrected chi connectivity index (χ3v) is 3.30. The number of carbonyl (C=O) groups is 1. The van der Waals surface area contributed by atoms with Gasteiger partial charge in [0.2, 0.25) is 0 Å². The van der Waals surface area contributed by atoms with Crippen LogP contribution in [0.15, 0.2) is 24.3 Å². The first-order chi connectivity index (χ1) is 8.91. The Bertz CT molecular complexity index is 473. The summed E-state index contributed by atoms with van der Waals surface area (Å²) in [5, 5.41) is 2.96. The number of hydrogen-bond donors (Lipinski definition) is 1. The summed E-state index contributed by atoms with van der Waals surface area (Å²) in [5.74, 6) is -0.485. The van der Waals surface area contributed by atoms with Crippen LogP contribution in [-0.2, 0) is 15.7 Å². The minimum Gasteiger partial charge on any atom is -0.468 e. The summed E-state index contributed by atoms with van der Waals surface area (Å²) in [4.78, 5) is 11.4. The highest BCUT2D eigenvalue weighted by atomic mass is 19.4. The van der Waals surface area contributed by atoms with Gasteiger partial charge in [-0.25, -0.2) is 0 Å². The Morgan fingerprint density at radius 1 is 1.42 bits per heavy atom. The molecule has 1 heterocycles. The van der Waals surface area contributed by atoms with Crippen LogP contribution in [0, 0.1) is 0 Å². The van der Waals surface area contributed by atoms with Crippen LogP contribution < -0.4 is 5.32 Å². The van der Waals surface area contributed by atoms with Crippen LogP contribution in [0.3, 0.4) is 0 Å². The van der Waals surface area contributed by atoms with E-state index in [4.69, 9.17) is 0 Å². The summed E-state index contributed by atoms with van der Waals surface area (Å²) in [6, 6.07) is 4.80. The molecule has 1 N–H and O–H groups in total. The summed E-state index contributed by atoms with van der Waals surface area (Å²) in [5.41, 5.74) is -0.0692. The van der Waals surface area contributed by atoms with Crippen molar-refractivity contribution >= 4 is 5.97 Å². The maximum atomic E-state index is 12.6. The van der Waals surface area contributed by atoms with E-state index in [-0.39, 0.29) is 11.9 Å². The highest BCUT2D eigenvalue weighted by Crippen LogP contribution is 2.33. The van der Waals surface area contributed by atoms with E-state index in [2.05, 4.69) is 10.1 Å². The lowest BCUT2D eigenvalue weighted by atomic mass is 9.95. The van der Waals surface area contributed by atoms with Gasteiger partial charge in [0.1, 0.15) is 6.04 Å². The standard InChI is InChI=1S/C13H14F3NO2/c1-19-12(18)11-6-9(7-17-11)8-3-2-4-10(5-8)13(14,15)16/h2-5,9,11,17H,6-7H2,1H3. The molecular weight excluding hydrogens is 259 g/mol. The zero-order valence-electron chi connectivity index (χ0n) is 10.3. The van der Waals surface area contributed by atoms with Gasteiger partial charge in [0.25, 0.3) is 0 Å². The maximum Gasteiger partial charge on any atom is 0.416 e. The van der Waals surface area contributed by atoms with Crippen LogP contribution in [-0.4, -0.2) is 25.7 Å². The second-order valence-corrected chi connectivity index (χ2v) is 4.54. The summed E-state index contributed by atoms with van der Waals surface area (Å²) in [7, 11) is 1.29. The lowest BCUT2D eigenvalue weighted by Gasteiger charge is -2.12. The van der Waals surface area contributed by atoms with Crippen molar-refractivity contribution in [1.82, 2.24) is 5.32 Å². The zero-order valence-corrected chi connectivity index (χ0v) is 10.3. The molecule has 2 rings (SSSR count). The highest BCUT2D eigenvalue weighted by Gasteiger charge is 2.34. The van der Waals surface area contributed by atoms with Crippen LogP contribution in [0.1, 0.15) is 23.5 Å². The van der Waals surface area contributed by atoms with Gasteiger partial charge in [0.05, 0.1) is 12.7 Å². The molecule has 0 aliphatic carbocycles. The summed E-state index contributed by atoms with van der Waals surface area (Å²) < 4.78 is 42.5. The molecule has 0 aromatic heterocycles. The Kier molecular flexibility index (Phi) is 3.80. The van der Waals surface area contributed by atoms with Crippen molar-refractivity contribution in [3.05, 3.63) is 35.4 Å². The number of benzene rings is 1. The lowest BCUT2D eigenvalue weighted by molar-refractivity contribution is -0.142. The maximum absolute atomic E-state index is 12.6. The van der Waals surface area contributed by atoms with E-state index < -0.39 is 17.8 Å². The Labute approximate surface area is 108 Å². The predicted molar refractivity (Wildman–Crippen MR) is 62.6 cm³/mol. The van der Waals surface area contributed by atoms with Crippen molar-refractivity contribution in [2.75, 3.05) is 13.7 Å². The normalized spacial score (nSPS) is 23.4. The number of methoxy groups -OCH3 is 1. The Balaban J connectivity index is 2.14. The smallest absolute Gasteiger partial charge is 0.416 e. The van der Waals surface area contributed by atoms with Crippen molar-refractivity contribution in [3.8, 4) is 0 Å². The molecule has 1 aliphatic heterocycles. The molecule has 1 aromatic rings. The van der Waals surface area contributed by atoms with Gasteiger partial charge in [-0.1, -0.05) is 18.2 Å². The molecule has 0 radical (unpaired) electrons. The number of halogens is 3. The fraction of sp³-hybridized carbons (Fsp3) is 0.462. The molecule has 104 valence electrons. The van der Waals surface area contributed by atoms with Crippen LogP contribution in [0.25, 0.3) is 0 Å². The Morgan fingerprint density at radius 3 is 2.79 bits per heavy atom. The molecule has 2 atom stereocenters. The Morgan fingerprint density at radius 2 is 2.16 bits per heavy atom. The first-order valence-electron chi connectivity index (χ1n) is 5.90. The molecule has 1 saturated heterocycles. The van der Waals surface area contributed by atoms with Crippen LogP contribution in [0.5, 0.6) is 0 Å². The van der Waals surface area contributed by atoms with Crippen LogP contribution in [0.2, 0.25) is 0 Å². The van der Waals surface area contributed by atoms with Gasteiger partial charge in [-0.2, -0.15) is 13.2 Å². The molecule has 0 saturated carbocycles. The molecule has 2 unspecified atom stereocenters. The molecule has 0 amide bonds. The molecule has 19 heavy (non-hydrogen) atoms. The molecular formula is C13H14F3NO2. The number of rotatable bonds is 2.